The van der Waals surface area contributed by atoms with Crippen LogP contribution in [0.5, 0.6) is 0 Å². The van der Waals surface area contributed by atoms with Crippen molar-refractivity contribution in [2.45, 2.75) is 32.7 Å². The SMILES string of the molecule is C/C=C\C.c1ccc(-c2ccc(C(C3CC3)n3cnc4ccccc43)cn2)cc1. The molecule has 0 radical (unpaired) electrons. The molecule has 29 heavy (non-hydrogen) atoms. The van der Waals surface area contributed by atoms with Crippen LogP contribution < -0.4 is 0 Å². The molecule has 2 heterocycles. The van der Waals surface area contributed by atoms with Crippen LogP contribution in [0.1, 0.15) is 38.3 Å². The average molecular weight is 382 g/mol. The second-order valence-electron chi connectivity index (χ2n) is 7.43. The van der Waals surface area contributed by atoms with E-state index in [-0.39, 0.29) is 0 Å². The van der Waals surface area contributed by atoms with Crippen LogP contribution in [0.25, 0.3) is 22.3 Å². The van der Waals surface area contributed by atoms with Gasteiger partial charge in [0.05, 0.1) is 29.1 Å². The molecule has 2 aromatic carbocycles. The van der Waals surface area contributed by atoms with E-state index in [0.29, 0.717) is 12.0 Å². The number of hydrogen-bond acceptors (Lipinski definition) is 2. The first-order chi connectivity index (χ1) is 14.3. The first-order valence-corrected chi connectivity index (χ1v) is 10.3. The fourth-order valence-corrected chi connectivity index (χ4v) is 3.63. The molecule has 1 atom stereocenters. The van der Waals surface area contributed by atoms with Gasteiger partial charge in [-0.1, -0.05) is 60.7 Å². The van der Waals surface area contributed by atoms with Crippen LogP contribution >= 0.6 is 0 Å². The summed E-state index contributed by atoms with van der Waals surface area (Å²) in [6, 6.07) is 23.4. The molecule has 1 unspecified atom stereocenters. The highest BCUT2D eigenvalue weighted by Crippen LogP contribution is 2.44. The van der Waals surface area contributed by atoms with Gasteiger partial charge in [0.1, 0.15) is 0 Å². The molecular weight excluding hydrogens is 354 g/mol. The number of imidazole rings is 1. The molecule has 0 saturated heterocycles. The van der Waals surface area contributed by atoms with Crippen LogP contribution in [-0.2, 0) is 0 Å². The van der Waals surface area contributed by atoms with E-state index in [9.17, 15) is 0 Å². The number of allylic oxidation sites excluding steroid dienone is 2. The van der Waals surface area contributed by atoms with Crippen LogP contribution in [-0.4, -0.2) is 14.5 Å². The standard InChI is InChI=1S/C22H19N3.C4H8/c1-2-6-16(7-3-1)19-13-12-18(14-23-19)22(17-10-11-17)25-15-24-20-8-4-5-9-21(20)25;1-3-4-2/h1-9,12-15,17,22H,10-11H2;3-4H,1-2H3/b;4-3-. The largest absolute Gasteiger partial charge is 0.323 e. The number of pyridine rings is 1. The Kier molecular flexibility index (Phi) is 5.85. The van der Waals surface area contributed by atoms with Gasteiger partial charge in [0.25, 0.3) is 0 Å². The van der Waals surface area contributed by atoms with E-state index >= 15 is 0 Å². The van der Waals surface area contributed by atoms with Crippen molar-refractivity contribution in [1.82, 2.24) is 14.5 Å². The van der Waals surface area contributed by atoms with Gasteiger partial charge in [-0.05, 0) is 56.4 Å². The molecule has 1 aliphatic rings. The molecule has 0 aliphatic heterocycles. The number of nitrogens with zero attached hydrogens (tertiary/aromatic N) is 3. The van der Waals surface area contributed by atoms with E-state index in [4.69, 9.17) is 4.98 Å². The number of hydrogen-bond donors (Lipinski definition) is 0. The molecule has 3 nitrogen and oxygen atoms in total. The molecule has 5 rings (SSSR count). The predicted octanol–water partition coefficient (Wildman–Crippen LogP) is 6.68. The molecule has 0 N–H and O–H groups in total. The van der Waals surface area contributed by atoms with Gasteiger partial charge in [0.15, 0.2) is 0 Å². The second kappa shape index (κ2) is 8.87. The van der Waals surface area contributed by atoms with Gasteiger partial charge in [0, 0.05) is 11.8 Å². The summed E-state index contributed by atoms with van der Waals surface area (Å²) in [5, 5.41) is 0. The van der Waals surface area contributed by atoms with Crippen LogP contribution in [0.15, 0.2) is 91.4 Å². The zero-order valence-electron chi connectivity index (χ0n) is 17.1. The minimum atomic E-state index is 0.324. The lowest BCUT2D eigenvalue weighted by Gasteiger charge is -2.19. The molecule has 1 aliphatic carbocycles. The lowest BCUT2D eigenvalue weighted by molar-refractivity contribution is 0.531. The first-order valence-electron chi connectivity index (χ1n) is 10.3. The van der Waals surface area contributed by atoms with Gasteiger partial charge in [-0.2, -0.15) is 0 Å². The third-order valence-electron chi connectivity index (χ3n) is 5.38. The maximum absolute atomic E-state index is 4.74. The Morgan fingerprint density at radius 2 is 1.59 bits per heavy atom. The molecule has 0 amide bonds. The van der Waals surface area contributed by atoms with E-state index < -0.39 is 0 Å². The van der Waals surface area contributed by atoms with Crippen LogP contribution in [0.4, 0.5) is 0 Å². The highest BCUT2D eigenvalue weighted by Gasteiger charge is 2.34. The highest BCUT2D eigenvalue weighted by atomic mass is 15.1. The molecule has 1 fully saturated rings. The van der Waals surface area contributed by atoms with Crippen molar-refractivity contribution in [3.63, 3.8) is 0 Å². The molecule has 0 bridgehead atoms. The predicted molar refractivity (Wildman–Crippen MR) is 121 cm³/mol. The molecule has 3 heteroatoms. The van der Waals surface area contributed by atoms with Gasteiger partial charge in [0.2, 0.25) is 0 Å². The number of aromatic nitrogens is 3. The van der Waals surface area contributed by atoms with Gasteiger partial charge in [-0.25, -0.2) is 4.98 Å². The zero-order valence-corrected chi connectivity index (χ0v) is 17.1. The van der Waals surface area contributed by atoms with Crippen molar-refractivity contribution < 1.29 is 0 Å². The van der Waals surface area contributed by atoms with E-state index in [0.717, 1.165) is 16.8 Å². The van der Waals surface area contributed by atoms with E-state index in [1.54, 1.807) is 0 Å². The first kappa shape index (κ1) is 19.1. The summed E-state index contributed by atoms with van der Waals surface area (Å²) in [5.41, 5.74) is 5.71. The smallest absolute Gasteiger partial charge is 0.0964 e. The Labute approximate surface area is 172 Å². The summed E-state index contributed by atoms with van der Waals surface area (Å²) in [4.78, 5) is 9.32. The molecule has 2 aromatic heterocycles. The van der Waals surface area contributed by atoms with Gasteiger partial charge in [-0.15, -0.1) is 0 Å². The number of benzene rings is 2. The van der Waals surface area contributed by atoms with Crippen molar-refractivity contribution in [1.29, 1.82) is 0 Å². The summed E-state index contributed by atoms with van der Waals surface area (Å²) in [6.45, 7) is 4.00. The third-order valence-corrected chi connectivity index (χ3v) is 5.38. The van der Waals surface area contributed by atoms with E-state index in [1.165, 1.54) is 23.9 Å². The molecule has 0 spiro atoms. The molecule has 4 aromatic rings. The Balaban J connectivity index is 0.000000472. The van der Waals surface area contributed by atoms with E-state index in [2.05, 4.69) is 64.1 Å². The van der Waals surface area contributed by atoms with Gasteiger partial charge < -0.3 is 4.57 Å². The minimum Gasteiger partial charge on any atom is -0.323 e. The van der Waals surface area contributed by atoms with Crippen molar-refractivity contribution in [3.05, 3.63) is 97.0 Å². The summed E-state index contributed by atoms with van der Waals surface area (Å²) >= 11 is 0. The van der Waals surface area contributed by atoms with Crippen molar-refractivity contribution in [2.24, 2.45) is 5.92 Å². The number of para-hydroxylation sites is 2. The zero-order chi connectivity index (χ0) is 20.1. The van der Waals surface area contributed by atoms with Crippen molar-refractivity contribution >= 4 is 11.0 Å². The van der Waals surface area contributed by atoms with Crippen molar-refractivity contribution in [3.8, 4) is 11.3 Å². The highest BCUT2D eigenvalue weighted by molar-refractivity contribution is 5.75. The maximum Gasteiger partial charge on any atom is 0.0964 e. The van der Waals surface area contributed by atoms with Gasteiger partial charge >= 0.3 is 0 Å². The monoisotopic (exact) mass is 381 g/mol. The lowest BCUT2D eigenvalue weighted by Crippen LogP contribution is -2.12. The third kappa shape index (κ3) is 4.29. The Morgan fingerprint density at radius 1 is 0.862 bits per heavy atom. The molecule has 146 valence electrons. The average Bonchev–Trinajstić information content (AvgIpc) is 3.54. The summed E-state index contributed by atoms with van der Waals surface area (Å²) < 4.78 is 2.33. The summed E-state index contributed by atoms with van der Waals surface area (Å²) in [5.74, 6) is 0.682. The van der Waals surface area contributed by atoms with Crippen LogP contribution in [0.3, 0.4) is 0 Å². The minimum absolute atomic E-state index is 0.324. The molecular formula is C26H27N3. The lowest BCUT2D eigenvalue weighted by atomic mass is 10.0. The van der Waals surface area contributed by atoms with Crippen LogP contribution in [0.2, 0.25) is 0 Å². The number of fused-ring (bicyclic) bond motifs is 1. The fourth-order valence-electron chi connectivity index (χ4n) is 3.63. The fraction of sp³-hybridized carbons (Fsp3) is 0.231. The topological polar surface area (TPSA) is 30.7 Å². The van der Waals surface area contributed by atoms with E-state index in [1.807, 2.05) is 50.7 Å². The maximum atomic E-state index is 4.74. The normalized spacial score (nSPS) is 14.6. The van der Waals surface area contributed by atoms with Gasteiger partial charge in [-0.3, -0.25) is 4.98 Å². The Hall–Kier alpha value is -3.20. The Bertz CT molecular complexity index is 1070. The van der Waals surface area contributed by atoms with Crippen LogP contribution in [0, 0.1) is 5.92 Å². The summed E-state index contributed by atoms with van der Waals surface area (Å²) in [6.07, 6.45) is 10.6. The number of rotatable bonds is 4. The quantitative estimate of drug-likeness (QED) is 0.369. The Morgan fingerprint density at radius 3 is 2.24 bits per heavy atom. The summed E-state index contributed by atoms with van der Waals surface area (Å²) in [7, 11) is 0. The van der Waals surface area contributed by atoms with Crippen molar-refractivity contribution in [2.75, 3.05) is 0 Å². The second-order valence-corrected chi connectivity index (χ2v) is 7.43. The molecule has 1 saturated carbocycles.